The summed E-state index contributed by atoms with van der Waals surface area (Å²) in [5.41, 5.74) is 1.19. The molecule has 2 fully saturated rings. The number of nitrogens with zero attached hydrogens (tertiary/aromatic N) is 3. The summed E-state index contributed by atoms with van der Waals surface area (Å²) < 4.78 is 1.80. The van der Waals surface area contributed by atoms with Crippen LogP contribution in [-0.4, -0.2) is 44.4 Å². The molecule has 3 atom stereocenters. The van der Waals surface area contributed by atoms with Gasteiger partial charge in [-0.25, -0.2) is 0 Å². The lowest BCUT2D eigenvalue weighted by atomic mass is 9.85. The lowest BCUT2D eigenvalue weighted by Crippen LogP contribution is -2.43. The van der Waals surface area contributed by atoms with Gasteiger partial charge in [0.25, 0.3) is 0 Å². The maximum Gasteiger partial charge on any atom is 0.320 e. The van der Waals surface area contributed by atoms with Crippen LogP contribution >= 0.6 is 0 Å². The lowest BCUT2D eigenvalue weighted by molar-refractivity contribution is -0.142. The van der Waals surface area contributed by atoms with E-state index in [1.807, 2.05) is 19.4 Å². The van der Waals surface area contributed by atoms with Gasteiger partial charge < -0.3 is 5.11 Å². The summed E-state index contributed by atoms with van der Waals surface area (Å²) in [6.45, 7) is 0.837. The normalized spacial score (nSPS) is 30.4. The van der Waals surface area contributed by atoms with Gasteiger partial charge in [-0.15, -0.1) is 0 Å². The average Bonchev–Trinajstić information content (AvgIpc) is 3.00. The van der Waals surface area contributed by atoms with E-state index in [9.17, 15) is 9.90 Å². The molecule has 0 spiro atoms. The minimum absolute atomic E-state index is 0.278. The molecule has 1 aliphatic carbocycles. The quantitative estimate of drug-likeness (QED) is 0.909. The number of aryl methyl sites for hydroxylation is 1. The average molecular weight is 277 g/mol. The second kappa shape index (κ2) is 5.56. The highest BCUT2D eigenvalue weighted by Crippen LogP contribution is 2.39. The third kappa shape index (κ3) is 2.59. The number of aromatic nitrogens is 2. The Labute approximate surface area is 119 Å². The van der Waals surface area contributed by atoms with E-state index in [-0.39, 0.29) is 6.04 Å². The molecule has 3 rings (SSSR count). The van der Waals surface area contributed by atoms with E-state index < -0.39 is 5.97 Å². The summed E-state index contributed by atoms with van der Waals surface area (Å²) in [6.07, 6.45) is 10.5. The Bertz CT molecular complexity index is 485. The van der Waals surface area contributed by atoms with Crippen molar-refractivity contribution in [2.75, 3.05) is 6.54 Å². The van der Waals surface area contributed by atoms with Crippen LogP contribution < -0.4 is 0 Å². The van der Waals surface area contributed by atoms with Gasteiger partial charge in [-0.3, -0.25) is 14.4 Å². The van der Waals surface area contributed by atoms with Crippen molar-refractivity contribution in [3.05, 3.63) is 18.0 Å². The molecule has 0 aromatic carbocycles. The van der Waals surface area contributed by atoms with Crippen molar-refractivity contribution >= 4 is 5.97 Å². The summed E-state index contributed by atoms with van der Waals surface area (Å²) in [6, 6.07) is 0.210. The van der Waals surface area contributed by atoms with Crippen LogP contribution in [-0.2, 0) is 18.3 Å². The fraction of sp³-hybridized carbons (Fsp3) is 0.733. The number of fused-ring (bicyclic) bond motifs is 1. The van der Waals surface area contributed by atoms with E-state index in [0.29, 0.717) is 12.0 Å². The number of carbonyl (C=O) groups is 1. The number of rotatable bonds is 4. The topological polar surface area (TPSA) is 58.4 Å². The number of hydrogen-bond acceptors (Lipinski definition) is 3. The van der Waals surface area contributed by atoms with E-state index in [2.05, 4.69) is 10.00 Å². The SMILES string of the molecule is Cn1cc(CCN2C(C(=O)O)CC3CCCCC32)cn1. The number of carboxylic acids is 1. The fourth-order valence-electron chi connectivity index (χ4n) is 3.98. The zero-order valence-electron chi connectivity index (χ0n) is 12.0. The maximum absolute atomic E-state index is 11.5. The van der Waals surface area contributed by atoms with E-state index in [1.54, 1.807) is 4.68 Å². The van der Waals surface area contributed by atoms with Crippen molar-refractivity contribution in [3.63, 3.8) is 0 Å². The Morgan fingerprint density at radius 3 is 2.95 bits per heavy atom. The van der Waals surface area contributed by atoms with Gasteiger partial charge in [-0.2, -0.15) is 5.10 Å². The standard InChI is InChI=1S/C15H23N3O2/c1-17-10-11(9-16-17)6-7-18-13-5-3-2-4-12(13)8-14(18)15(19)20/h9-10,12-14H,2-8H2,1H3,(H,19,20). The highest BCUT2D eigenvalue weighted by atomic mass is 16.4. The molecule has 0 radical (unpaired) electrons. The van der Waals surface area contributed by atoms with Gasteiger partial charge in [0.1, 0.15) is 6.04 Å². The molecule has 1 saturated carbocycles. The molecule has 20 heavy (non-hydrogen) atoms. The van der Waals surface area contributed by atoms with Crippen LogP contribution in [0.2, 0.25) is 0 Å². The van der Waals surface area contributed by atoms with Crippen LogP contribution in [0.1, 0.15) is 37.7 Å². The van der Waals surface area contributed by atoms with Crippen LogP contribution in [0, 0.1) is 5.92 Å². The van der Waals surface area contributed by atoms with Crippen LogP contribution in [0.25, 0.3) is 0 Å². The van der Waals surface area contributed by atoms with Crippen LogP contribution in [0.3, 0.4) is 0 Å². The van der Waals surface area contributed by atoms with Gasteiger partial charge in [-0.1, -0.05) is 12.8 Å². The van der Waals surface area contributed by atoms with Gasteiger partial charge in [-0.05, 0) is 37.2 Å². The van der Waals surface area contributed by atoms with Gasteiger partial charge in [0.05, 0.1) is 6.20 Å². The molecule has 3 unspecified atom stereocenters. The maximum atomic E-state index is 11.5. The summed E-state index contributed by atoms with van der Waals surface area (Å²) in [4.78, 5) is 13.8. The van der Waals surface area contributed by atoms with Gasteiger partial charge in [0, 0.05) is 25.8 Å². The largest absolute Gasteiger partial charge is 0.480 e. The third-order valence-corrected chi connectivity index (χ3v) is 4.92. The monoisotopic (exact) mass is 277 g/mol. The molecular weight excluding hydrogens is 254 g/mol. The fourth-order valence-corrected chi connectivity index (χ4v) is 3.98. The van der Waals surface area contributed by atoms with Crippen LogP contribution in [0.15, 0.2) is 12.4 Å². The van der Waals surface area contributed by atoms with E-state index in [4.69, 9.17) is 0 Å². The Balaban J connectivity index is 1.69. The summed E-state index contributed by atoms with van der Waals surface area (Å²) in [5.74, 6) is -0.0515. The molecule has 2 aliphatic rings. The van der Waals surface area contributed by atoms with Crippen molar-refractivity contribution in [3.8, 4) is 0 Å². The molecule has 1 aliphatic heterocycles. The summed E-state index contributed by atoms with van der Waals surface area (Å²) in [5, 5.41) is 13.7. The van der Waals surface area contributed by atoms with Gasteiger partial charge in [0.15, 0.2) is 0 Å². The van der Waals surface area contributed by atoms with Crippen LogP contribution in [0.5, 0.6) is 0 Å². The van der Waals surface area contributed by atoms with E-state index in [0.717, 1.165) is 19.4 Å². The second-order valence-corrected chi connectivity index (χ2v) is 6.21. The zero-order chi connectivity index (χ0) is 14.1. The summed E-state index contributed by atoms with van der Waals surface area (Å²) in [7, 11) is 1.91. The first-order valence-electron chi connectivity index (χ1n) is 7.61. The molecule has 2 heterocycles. The Hall–Kier alpha value is -1.36. The third-order valence-electron chi connectivity index (χ3n) is 4.92. The summed E-state index contributed by atoms with van der Waals surface area (Å²) >= 11 is 0. The number of likely N-dealkylation sites (tertiary alicyclic amines) is 1. The molecule has 5 heteroatoms. The van der Waals surface area contributed by atoms with Crippen molar-refractivity contribution < 1.29 is 9.90 Å². The predicted octanol–water partition coefficient (Wildman–Crippen LogP) is 1.68. The number of hydrogen-bond donors (Lipinski definition) is 1. The predicted molar refractivity (Wildman–Crippen MR) is 75.4 cm³/mol. The molecule has 1 aromatic heterocycles. The van der Waals surface area contributed by atoms with E-state index in [1.165, 1.54) is 31.2 Å². The zero-order valence-corrected chi connectivity index (χ0v) is 12.0. The second-order valence-electron chi connectivity index (χ2n) is 6.21. The molecule has 1 N–H and O–H groups in total. The van der Waals surface area contributed by atoms with E-state index >= 15 is 0 Å². The van der Waals surface area contributed by atoms with Crippen LogP contribution in [0.4, 0.5) is 0 Å². The van der Waals surface area contributed by atoms with Crippen molar-refractivity contribution in [1.82, 2.24) is 14.7 Å². The van der Waals surface area contributed by atoms with Crippen molar-refractivity contribution in [2.45, 2.75) is 50.6 Å². The Morgan fingerprint density at radius 2 is 2.25 bits per heavy atom. The molecular formula is C15H23N3O2. The van der Waals surface area contributed by atoms with Gasteiger partial charge in [0.2, 0.25) is 0 Å². The first kappa shape index (κ1) is 13.6. The first-order valence-corrected chi connectivity index (χ1v) is 7.61. The van der Waals surface area contributed by atoms with Crippen molar-refractivity contribution in [2.24, 2.45) is 13.0 Å². The number of carboxylic acid groups (broad SMARTS) is 1. The van der Waals surface area contributed by atoms with Crippen molar-refractivity contribution in [1.29, 1.82) is 0 Å². The molecule has 1 aromatic rings. The molecule has 110 valence electrons. The first-order chi connectivity index (χ1) is 9.65. The van der Waals surface area contributed by atoms with Gasteiger partial charge >= 0.3 is 5.97 Å². The molecule has 0 amide bonds. The Kier molecular flexibility index (Phi) is 3.78. The molecule has 5 nitrogen and oxygen atoms in total. The minimum atomic E-state index is -0.648. The Morgan fingerprint density at radius 1 is 1.45 bits per heavy atom. The smallest absolute Gasteiger partial charge is 0.320 e. The highest BCUT2D eigenvalue weighted by Gasteiger charge is 2.44. The number of aliphatic carboxylic acids is 1. The minimum Gasteiger partial charge on any atom is -0.480 e. The molecule has 0 bridgehead atoms. The lowest BCUT2D eigenvalue weighted by Gasteiger charge is -2.32. The molecule has 1 saturated heterocycles. The highest BCUT2D eigenvalue weighted by molar-refractivity contribution is 5.74.